The quantitative estimate of drug-likeness (QED) is 0.749. The first kappa shape index (κ1) is 13.7. The summed E-state index contributed by atoms with van der Waals surface area (Å²) < 4.78 is 5.55. The number of benzene rings is 2. The number of aryl methyl sites for hydroxylation is 1. The molecular formula is C18H19NO2. The van der Waals surface area contributed by atoms with Crippen LogP contribution in [0.5, 0.6) is 5.75 Å². The molecule has 0 saturated heterocycles. The van der Waals surface area contributed by atoms with Crippen molar-refractivity contribution in [2.45, 2.75) is 26.4 Å². The number of phenolic OH excluding ortho intramolecular Hbond substituents is 1. The molecule has 2 aromatic carbocycles. The van der Waals surface area contributed by atoms with E-state index >= 15 is 0 Å². The molecule has 1 atom stereocenters. The maximum Gasteiger partial charge on any atom is 0.128 e. The van der Waals surface area contributed by atoms with Gasteiger partial charge in [-0.1, -0.05) is 36.4 Å². The molecule has 0 aliphatic heterocycles. The number of furan rings is 1. The molecule has 1 unspecified atom stereocenters. The van der Waals surface area contributed by atoms with Crippen LogP contribution in [-0.2, 0) is 6.54 Å². The standard InChI is InChI=1S/C18H19NO2/c1-12-7-9-15(21-12)11-19-13(2)16-10-8-14-5-3-4-6-17(14)18(16)20/h3-10,13,19-20H,11H2,1-2H3. The summed E-state index contributed by atoms with van der Waals surface area (Å²) >= 11 is 0. The summed E-state index contributed by atoms with van der Waals surface area (Å²) in [6, 6.07) is 15.8. The summed E-state index contributed by atoms with van der Waals surface area (Å²) in [6.45, 7) is 4.61. The largest absolute Gasteiger partial charge is 0.507 e. The smallest absolute Gasteiger partial charge is 0.128 e. The van der Waals surface area contributed by atoms with Gasteiger partial charge in [-0.25, -0.2) is 0 Å². The molecule has 3 rings (SSSR count). The third-order valence-corrected chi connectivity index (χ3v) is 3.78. The molecule has 0 amide bonds. The van der Waals surface area contributed by atoms with Crippen LogP contribution >= 0.6 is 0 Å². The molecule has 21 heavy (non-hydrogen) atoms. The molecule has 0 bridgehead atoms. The molecule has 108 valence electrons. The molecule has 2 N–H and O–H groups in total. The molecule has 0 spiro atoms. The van der Waals surface area contributed by atoms with E-state index in [1.165, 1.54) is 0 Å². The van der Waals surface area contributed by atoms with E-state index < -0.39 is 0 Å². The van der Waals surface area contributed by atoms with Crippen molar-refractivity contribution in [2.24, 2.45) is 0 Å². The van der Waals surface area contributed by atoms with Gasteiger partial charge in [0.2, 0.25) is 0 Å². The Morgan fingerprint density at radius 2 is 1.90 bits per heavy atom. The summed E-state index contributed by atoms with van der Waals surface area (Å²) in [4.78, 5) is 0. The van der Waals surface area contributed by atoms with Crippen molar-refractivity contribution in [1.82, 2.24) is 5.32 Å². The Bertz CT molecular complexity index is 761. The minimum atomic E-state index is 0.0417. The van der Waals surface area contributed by atoms with Crippen LogP contribution in [-0.4, -0.2) is 5.11 Å². The number of aromatic hydroxyl groups is 1. The van der Waals surface area contributed by atoms with E-state index in [0.29, 0.717) is 12.3 Å². The Balaban J connectivity index is 1.81. The van der Waals surface area contributed by atoms with Crippen molar-refractivity contribution >= 4 is 10.8 Å². The van der Waals surface area contributed by atoms with E-state index in [9.17, 15) is 5.11 Å². The fourth-order valence-electron chi connectivity index (χ4n) is 2.57. The van der Waals surface area contributed by atoms with Crippen molar-refractivity contribution in [3.63, 3.8) is 0 Å². The number of fused-ring (bicyclic) bond motifs is 1. The van der Waals surface area contributed by atoms with E-state index in [1.807, 2.05) is 62.4 Å². The highest BCUT2D eigenvalue weighted by Crippen LogP contribution is 2.32. The molecular weight excluding hydrogens is 262 g/mol. The molecule has 1 aromatic heterocycles. The van der Waals surface area contributed by atoms with Gasteiger partial charge in [-0.15, -0.1) is 0 Å². The van der Waals surface area contributed by atoms with Crippen molar-refractivity contribution in [2.75, 3.05) is 0 Å². The van der Waals surface area contributed by atoms with Gasteiger partial charge in [0.15, 0.2) is 0 Å². The van der Waals surface area contributed by atoms with E-state index in [2.05, 4.69) is 5.32 Å². The van der Waals surface area contributed by atoms with E-state index in [4.69, 9.17) is 4.42 Å². The summed E-state index contributed by atoms with van der Waals surface area (Å²) in [5.41, 5.74) is 0.900. The Kier molecular flexibility index (Phi) is 3.67. The van der Waals surface area contributed by atoms with Gasteiger partial charge in [-0.2, -0.15) is 0 Å². The average molecular weight is 281 g/mol. The molecule has 0 aliphatic carbocycles. The van der Waals surface area contributed by atoms with Gasteiger partial charge in [0.05, 0.1) is 6.54 Å². The molecule has 0 saturated carbocycles. The molecule has 3 nitrogen and oxygen atoms in total. The molecule has 0 fully saturated rings. The first-order valence-electron chi connectivity index (χ1n) is 7.14. The fourth-order valence-corrected chi connectivity index (χ4v) is 2.57. The van der Waals surface area contributed by atoms with Gasteiger partial charge in [0, 0.05) is 17.0 Å². The zero-order valence-electron chi connectivity index (χ0n) is 12.3. The third kappa shape index (κ3) is 2.78. The van der Waals surface area contributed by atoms with Crippen LogP contribution < -0.4 is 5.32 Å². The van der Waals surface area contributed by atoms with Crippen molar-refractivity contribution in [1.29, 1.82) is 0 Å². The van der Waals surface area contributed by atoms with Gasteiger partial charge < -0.3 is 14.8 Å². The van der Waals surface area contributed by atoms with Gasteiger partial charge in [-0.05, 0) is 31.4 Å². The van der Waals surface area contributed by atoms with Crippen LogP contribution in [0, 0.1) is 6.92 Å². The first-order valence-corrected chi connectivity index (χ1v) is 7.14. The zero-order chi connectivity index (χ0) is 14.8. The highest BCUT2D eigenvalue weighted by atomic mass is 16.3. The van der Waals surface area contributed by atoms with Crippen LogP contribution in [0.2, 0.25) is 0 Å². The minimum Gasteiger partial charge on any atom is -0.507 e. The van der Waals surface area contributed by atoms with E-state index in [1.54, 1.807) is 0 Å². The van der Waals surface area contributed by atoms with Crippen LogP contribution in [0.15, 0.2) is 52.9 Å². The Labute approximate surface area is 124 Å². The number of hydrogen-bond donors (Lipinski definition) is 2. The maximum absolute atomic E-state index is 10.5. The highest BCUT2D eigenvalue weighted by molar-refractivity contribution is 5.89. The van der Waals surface area contributed by atoms with Gasteiger partial charge >= 0.3 is 0 Å². The number of phenols is 1. The van der Waals surface area contributed by atoms with Crippen molar-refractivity contribution in [3.05, 3.63) is 65.6 Å². The number of nitrogens with one attached hydrogen (secondary N) is 1. The Hall–Kier alpha value is -2.26. The second-order valence-corrected chi connectivity index (χ2v) is 5.34. The van der Waals surface area contributed by atoms with Gasteiger partial charge in [-0.3, -0.25) is 0 Å². The predicted molar refractivity (Wildman–Crippen MR) is 84.3 cm³/mol. The topological polar surface area (TPSA) is 45.4 Å². The molecule has 0 aliphatic rings. The van der Waals surface area contributed by atoms with Crippen molar-refractivity contribution < 1.29 is 9.52 Å². The first-order chi connectivity index (χ1) is 10.1. The minimum absolute atomic E-state index is 0.0417. The summed E-state index contributed by atoms with van der Waals surface area (Å²) in [5, 5.41) is 15.8. The Morgan fingerprint density at radius 3 is 2.67 bits per heavy atom. The molecule has 3 heteroatoms. The Morgan fingerprint density at radius 1 is 1.10 bits per heavy atom. The average Bonchev–Trinajstić information content (AvgIpc) is 2.91. The second kappa shape index (κ2) is 5.62. The fraction of sp³-hybridized carbons (Fsp3) is 0.222. The van der Waals surface area contributed by atoms with Crippen LogP contribution in [0.4, 0.5) is 0 Å². The van der Waals surface area contributed by atoms with Crippen molar-refractivity contribution in [3.8, 4) is 5.75 Å². The lowest BCUT2D eigenvalue weighted by Gasteiger charge is -2.16. The maximum atomic E-state index is 10.5. The van der Waals surface area contributed by atoms with Crippen LogP contribution in [0.1, 0.15) is 30.0 Å². The van der Waals surface area contributed by atoms with E-state index in [-0.39, 0.29) is 6.04 Å². The monoisotopic (exact) mass is 281 g/mol. The number of hydrogen-bond acceptors (Lipinski definition) is 3. The summed E-state index contributed by atoms with van der Waals surface area (Å²) in [7, 11) is 0. The lowest BCUT2D eigenvalue weighted by molar-refractivity contribution is 0.430. The third-order valence-electron chi connectivity index (χ3n) is 3.78. The molecule has 0 radical (unpaired) electrons. The predicted octanol–water partition coefficient (Wildman–Crippen LogP) is 4.30. The lowest BCUT2D eigenvalue weighted by atomic mass is 10.0. The molecule has 1 heterocycles. The zero-order valence-corrected chi connectivity index (χ0v) is 12.3. The summed E-state index contributed by atoms with van der Waals surface area (Å²) in [5.74, 6) is 2.16. The lowest BCUT2D eigenvalue weighted by Crippen LogP contribution is -2.17. The normalized spacial score (nSPS) is 12.7. The van der Waals surface area contributed by atoms with Crippen LogP contribution in [0.25, 0.3) is 10.8 Å². The van der Waals surface area contributed by atoms with Gasteiger partial charge in [0.1, 0.15) is 17.3 Å². The van der Waals surface area contributed by atoms with Gasteiger partial charge in [0.25, 0.3) is 0 Å². The second-order valence-electron chi connectivity index (χ2n) is 5.34. The van der Waals surface area contributed by atoms with Crippen LogP contribution in [0.3, 0.4) is 0 Å². The summed E-state index contributed by atoms with van der Waals surface area (Å²) in [6.07, 6.45) is 0. The SMILES string of the molecule is Cc1ccc(CNC(C)c2ccc3ccccc3c2O)o1. The highest BCUT2D eigenvalue weighted by Gasteiger charge is 2.13. The number of rotatable bonds is 4. The van der Waals surface area contributed by atoms with E-state index in [0.717, 1.165) is 27.9 Å². The molecule has 3 aromatic rings.